The van der Waals surface area contributed by atoms with E-state index in [1.54, 1.807) is 11.3 Å². The maximum absolute atomic E-state index is 6.06. The van der Waals surface area contributed by atoms with E-state index < -0.39 is 0 Å². The van der Waals surface area contributed by atoms with Gasteiger partial charge < -0.3 is 9.80 Å². The Bertz CT molecular complexity index is 590. The van der Waals surface area contributed by atoms with Gasteiger partial charge in [-0.05, 0) is 31.1 Å². The first-order valence-corrected chi connectivity index (χ1v) is 7.78. The van der Waals surface area contributed by atoms with Crippen molar-refractivity contribution in [3.63, 3.8) is 0 Å². The lowest BCUT2D eigenvalue weighted by Gasteiger charge is -2.35. The van der Waals surface area contributed by atoms with Crippen LogP contribution in [0.2, 0.25) is 5.28 Å². The molecule has 2 aromatic rings. The van der Waals surface area contributed by atoms with E-state index in [1.165, 1.54) is 4.88 Å². The van der Waals surface area contributed by atoms with Gasteiger partial charge in [0.25, 0.3) is 0 Å². The molecule has 0 spiro atoms. The number of likely N-dealkylation sites (N-methyl/N-ethyl adjacent to an activating group) is 1. The molecule has 0 unspecified atom stereocenters. The highest BCUT2D eigenvalue weighted by atomic mass is 35.5. The van der Waals surface area contributed by atoms with Crippen molar-refractivity contribution in [2.24, 2.45) is 0 Å². The molecule has 0 atom stereocenters. The van der Waals surface area contributed by atoms with Crippen molar-refractivity contribution >= 4 is 39.0 Å². The number of hydrogen-bond donors (Lipinski definition) is 0. The van der Waals surface area contributed by atoms with Gasteiger partial charge in [-0.1, -0.05) is 6.92 Å². The third-order valence-corrected chi connectivity index (χ3v) is 4.70. The Kier molecular flexibility index (Phi) is 3.60. The lowest BCUT2D eigenvalue weighted by atomic mass is 10.2. The first-order valence-electron chi connectivity index (χ1n) is 6.58. The molecule has 0 bridgehead atoms. The topological polar surface area (TPSA) is 32.3 Å². The van der Waals surface area contributed by atoms with E-state index in [4.69, 9.17) is 11.6 Å². The Morgan fingerprint density at radius 2 is 2.00 bits per heavy atom. The van der Waals surface area contributed by atoms with Gasteiger partial charge in [-0.2, -0.15) is 4.98 Å². The van der Waals surface area contributed by atoms with E-state index >= 15 is 0 Å². The molecule has 0 radical (unpaired) electrons. The summed E-state index contributed by atoms with van der Waals surface area (Å²) < 4.78 is 0. The zero-order chi connectivity index (χ0) is 13.4. The predicted molar refractivity (Wildman–Crippen MR) is 81.5 cm³/mol. The van der Waals surface area contributed by atoms with Crippen LogP contribution >= 0.6 is 22.9 Å². The van der Waals surface area contributed by atoms with Gasteiger partial charge >= 0.3 is 0 Å². The SMILES string of the molecule is CCN1CCN(c2nc(Cl)nc3sc(C)cc23)CC1. The van der Waals surface area contributed by atoms with Crippen LogP contribution in [-0.4, -0.2) is 47.6 Å². The Morgan fingerprint density at radius 1 is 1.26 bits per heavy atom. The number of anilines is 1. The Hall–Kier alpha value is -0.910. The normalized spacial score (nSPS) is 17.3. The van der Waals surface area contributed by atoms with E-state index in [2.05, 4.69) is 39.7 Å². The molecule has 4 nitrogen and oxygen atoms in total. The monoisotopic (exact) mass is 296 g/mol. The molecule has 0 aromatic carbocycles. The second-order valence-corrected chi connectivity index (χ2v) is 6.39. The minimum atomic E-state index is 0.349. The second kappa shape index (κ2) is 5.23. The summed E-state index contributed by atoms with van der Waals surface area (Å²) in [5.74, 6) is 0.995. The third kappa shape index (κ3) is 2.55. The van der Waals surface area contributed by atoms with E-state index in [9.17, 15) is 0 Å². The minimum absolute atomic E-state index is 0.349. The molecule has 0 N–H and O–H groups in total. The smallest absolute Gasteiger partial charge is 0.225 e. The predicted octanol–water partition coefficient (Wildman–Crippen LogP) is 2.80. The van der Waals surface area contributed by atoms with Crippen LogP contribution in [-0.2, 0) is 0 Å². The van der Waals surface area contributed by atoms with Crippen LogP contribution in [0.25, 0.3) is 10.2 Å². The number of rotatable bonds is 2. The summed E-state index contributed by atoms with van der Waals surface area (Å²) in [4.78, 5) is 15.8. The molecule has 19 heavy (non-hydrogen) atoms. The molecule has 0 aliphatic carbocycles. The molecule has 1 saturated heterocycles. The average molecular weight is 297 g/mol. The first kappa shape index (κ1) is 13.1. The molecular weight excluding hydrogens is 280 g/mol. The van der Waals surface area contributed by atoms with E-state index in [0.717, 1.165) is 48.8 Å². The van der Waals surface area contributed by atoms with Crippen molar-refractivity contribution in [1.29, 1.82) is 0 Å². The number of halogens is 1. The summed E-state index contributed by atoms with van der Waals surface area (Å²) in [6.45, 7) is 9.60. The van der Waals surface area contributed by atoms with Crippen molar-refractivity contribution in [2.45, 2.75) is 13.8 Å². The van der Waals surface area contributed by atoms with Crippen LogP contribution in [0.5, 0.6) is 0 Å². The molecule has 0 saturated carbocycles. The molecule has 3 heterocycles. The van der Waals surface area contributed by atoms with Gasteiger partial charge in [0, 0.05) is 31.1 Å². The molecule has 1 aliphatic rings. The zero-order valence-corrected chi connectivity index (χ0v) is 12.8. The highest BCUT2D eigenvalue weighted by Crippen LogP contribution is 2.32. The fourth-order valence-corrected chi connectivity index (χ4v) is 3.61. The van der Waals surface area contributed by atoms with E-state index in [-0.39, 0.29) is 0 Å². The molecule has 6 heteroatoms. The third-order valence-electron chi connectivity index (χ3n) is 3.59. The van der Waals surface area contributed by atoms with Crippen molar-refractivity contribution in [1.82, 2.24) is 14.9 Å². The van der Waals surface area contributed by atoms with Crippen molar-refractivity contribution in [2.75, 3.05) is 37.6 Å². The highest BCUT2D eigenvalue weighted by molar-refractivity contribution is 7.18. The Balaban J connectivity index is 1.96. The van der Waals surface area contributed by atoms with E-state index in [0.29, 0.717) is 5.28 Å². The second-order valence-electron chi connectivity index (χ2n) is 4.81. The fourth-order valence-electron chi connectivity index (χ4n) is 2.52. The summed E-state index contributed by atoms with van der Waals surface area (Å²) in [5, 5.41) is 1.49. The highest BCUT2D eigenvalue weighted by Gasteiger charge is 2.20. The Morgan fingerprint density at radius 3 is 2.68 bits per heavy atom. The molecule has 102 valence electrons. The first-order chi connectivity index (χ1) is 9.17. The maximum atomic E-state index is 6.06. The summed E-state index contributed by atoms with van der Waals surface area (Å²) in [6.07, 6.45) is 0. The molecule has 1 aliphatic heterocycles. The van der Waals surface area contributed by atoms with Gasteiger partial charge in [0.15, 0.2) is 0 Å². The Labute approximate surface area is 122 Å². The number of fused-ring (bicyclic) bond motifs is 1. The summed E-state index contributed by atoms with van der Waals surface area (Å²) in [5.41, 5.74) is 0. The standard InChI is InChI=1S/C13H17ClN4S/c1-3-17-4-6-18(7-5-17)11-10-8-9(2)19-12(10)16-13(14)15-11/h8H,3-7H2,1-2H3. The molecule has 3 rings (SSSR count). The van der Waals surface area contributed by atoms with Gasteiger partial charge in [0.2, 0.25) is 5.28 Å². The molecule has 0 amide bonds. The van der Waals surface area contributed by atoms with Crippen LogP contribution in [0.15, 0.2) is 6.07 Å². The molecule has 2 aromatic heterocycles. The fraction of sp³-hybridized carbons (Fsp3) is 0.538. The summed E-state index contributed by atoms with van der Waals surface area (Å²) in [6, 6.07) is 2.16. The average Bonchev–Trinajstić information content (AvgIpc) is 2.78. The summed E-state index contributed by atoms with van der Waals surface area (Å²) in [7, 11) is 0. The van der Waals surface area contributed by atoms with Crippen molar-refractivity contribution in [3.05, 3.63) is 16.2 Å². The van der Waals surface area contributed by atoms with Crippen LogP contribution in [0, 0.1) is 6.92 Å². The minimum Gasteiger partial charge on any atom is -0.353 e. The zero-order valence-electron chi connectivity index (χ0n) is 11.2. The van der Waals surface area contributed by atoms with Crippen molar-refractivity contribution < 1.29 is 0 Å². The van der Waals surface area contributed by atoms with Crippen molar-refractivity contribution in [3.8, 4) is 0 Å². The number of piperazine rings is 1. The lowest BCUT2D eigenvalue weighted by Crippen LogP contribution is -2.46. The van der Waals surface area contributed by atoms with Gasteiger partial charge in [0.05, 0.1) is 5.39 Å². The van der Waals surface area contributed by atoms with Gasteiger partial charge in [-0.25, -0.2) is 4.98 Å². The number of thiophene rings is 1. The maximum Gasteiger partial charge on any atom is 0.225 e. The lowest BCUT2D eigenvalue weighted by molar-refractivity contribution is 0.271. The van der Waals surface area contributed by atoms with Crippen LogP contribution < -0.4 is 4.90 Å². The number of nitrogens with zero attached hydrogens (tertiary/aromatic N) is 4. The largest absolute Gasteiger partial charge is 0.353 e. The number of aromatic nitrogens is 2. The molecule has 1 fully saturated rings. The number of aryl methyl sites for hydroxylation is 1. The quantitative estimate of drug-likeness (QED) is 0.798. The van der Waals surface area contributed by atoms with E-state index in [1.807, 2.05) is 0 Å². The summed E-state index contributed by atoms with van der Waals surface area (Å²) >= 11 is 7.73. The van der Waals surface area contributed by atoms with Gasteiger partial charge in [-0.15, -0.1) is 11.3 Å². The van der Waals surface area contributed by atoms with Gasteiger partial charge in [-0.3, -0.25) is 0 Å². The van der Waals surface area contributed by atoms with Crippen LogP contribution in [0.3, 0.4) is 0 Å². The van der Waals surface area contributed by atoms with Crippen LogP contribution in [0.1, 0.15) is 11.8 Å². The van der Waals surface area contributed by atoms with Crippen LogP contribution in [0.4, 0.5) is 5.82 Å². The van der Waals surface area contributed by atoms with Gasteiger partial charge in [0.1, 0.15) is 10.6 Å². The molecular formula is C13H17ClN4S. The number of hydrogen-bond acceptors (Lipinski definition) is 5.